The Bertz CT molecular complexity index is 334. The van der Waals surface area contributed by atoms with Crippen LogP contribution >= 0.6 is 0 Å². The first kappa shape index (κ1) is 8.35. The molecule has 0 saturated carbocycles. The molecule has 0 aromatic heterocycles. The molecule has 0 fully saturated rings. The van der Waals surface area contributed by atoms with Crippen LogP contribution in [-0.4, -0.2) is 13.1 Å². The summed E-state index contributed by atoms with van der Waals surface area (Å²) < 4.78 is 4.51. The minimum absolute atomic E-state index is 0.396. The maximum absolute atomic E-state index is 11.0. The number of esters is 1. The third-order valence-electron chi connectivity index (χ3n) is 1.43. The Morgan fingerprint density at radius 2 is 2.33 bits per heavy atom. The third kappa shape index (κ3) is 1.64. The highest BCUT2D eigenvalue weighted by atomic mass is 16.5. The van der Waals surface area contributed by atoms with Crippen molar-refractivity contribution in [3.05, 3.63) is 41.8 Å². The number of benzene rings is 1. The molecular formula is C10H7O2. The molecule has 0 aliphatic rings. The molecule has 0 heterocycles. The standard InChI is InChI=1S/C10H7O2/c1-3-8-5-4-6-9(7-8)10(11)12-2/h4-7H,2H3. The summed E-state index contributed by atoms with van der Waals surface area (Å²) >= 11 is 0. The largest absolute Gasteiger partial charge is 0.465 e. The predicted molar refractivity (Wildman–Crippen MR) is 44.0 cm³/mol. The fourth-order valence-corrected chi connectivity index (χ4v) is 0.842. The normalized spacial score (nSPS) is 8.67. The number of carbonyl (C=O) groups is 1. The monoisotopic (exact) mass is 159 g/mol. The molecule has 0 atom stereocenters. The zero-order chi connectivity index (χ0) is 8.97. The van der Waals surface area contributed by atoms with Crippen LogP contribution in [0.15, 0.2) is 24.3 Å². The minimum atomic E-state index is -0.396. The second-order valence-electron chi connectivity index (χ2n) is 2.20. The fourth-order valence-electron chi connectivity index (χ4n) is 0.842. The van der Waals surface area contributed by atoms with E-state index < -0.39 is 5.97 Å². The molecule has 0 spiro atoms. The lowest BCUT2D eigenvalue weighted by molar-refractivity contribution is 0.0600. The lowest BCUT2D eigenvalue weighted by atomic mass is 10.1. The molecule has 1 aromatic carbocycles. The van der Waals surface area contributed by atoms with Gasteiger partial charge in [-0.15, -0.1) is 0 Å². The molecule has 59 valence electrons. The van der Waals surface area contributed by atoms with E-state index in [1.807, 2.05) is 0 Å². The lowest BCUT2D eigenvalue weighted by Gasteiger charge is -1.98. The molecule has 0 N–H and O–H groups in total. The van der Waals surface area contributed by atoms with Crippen LogP contribution in [0.25, 0.3) is 0 Å². The van der Waals surface area contributed by atoms with Crippen molar-refractivity contribution in [2.45, 2.75) is 0 Å². The van der Waals surface area contributed by atoms with Crippen molar-refractivity contribution in [2.75, 3.05) is 7.11 Å². The Kier molecular flexibility index (Phi) is 2.49. The van der Waals surface area contributed by atoms with Crippen LogP contribution in [0, 0.1) is 12.3 Å². The molecule has 0 saturated heterocycles. The summed E-state index contributed by atoms with van der Waals surface area (Å²) in [5, 5.41) is 0. The number of rotatable bonds is 1. The second-order valence-corrected chi connectivity index (χ2v) is 2.20. The van der Waals surface area contributed by atoms with E-state index in [0.29, 0.717) is 11.1 Å². The zero-order valence-corrected chi connectivity index (χ0v) is 6.63. The van der Waals surface area contributed by atoms with Crippen LogP contribution in [0.4, 0.5) is 0 Å². The lowest BCUT2D eigenvalue weighted by Crippen LogP contribution is -2.00. The van der Waals surface area contributed by atoms with Gasteiger partial charge in [-0.2, -0.15) is 0 Å². The van der Waals surface area contributed by atoms with E-state index in [0.717, 1.165) is 0 Å². The van der Waals surface area contributed by atoms with Gasteiger partial charge >= 0.3 is 5.97 Å². The summed E-state index contributed by atoms with van der Waals surface area (Å²) in [5.74, 6) is 1.79. The SMILES string of the molecule is [C]#Cc1cccc(C(=O)OC)c1. The highest BCUT2D eigenvalue weighted by Gasteiger charge is 2.03. The van der Waals surface area contributed by atoms with Crippen molar-refractivity contribution in [2.24, 2.45) is 0 Å². The zero-order valence-electron chi connectivity index (χ0n) is 6.63. The van der Waals surface area contributed by atoms with E-state index in [-0.39, 0.29) is 0 Å². The maximum Gasteiger partial charge on any atom is 0.337 e. The fraction of sp³-hybridized carbons (Fsp3) is 0.100. The van der Waals surface area contributed by atoms with Crippen molar-refractivity contribution in [1.82, 2.24) is 0 Å². The van der Waals surface area contributed by atoms with Crippen molar-refractivity contribution >= 4 is 5.97 Å². The predicted octanol–water partition coefficient (Wildman–Crippen LogP) is 1.41. The topological polar surface area (TPSA) is 26.3 Å². The van der Waals surface area contributed by atoms with E-state index in [1.165, 1.54) is 7.11 Å². The number of methoxy groups -OCH3 is 1. The van der Waals surface area contributed by atoms with Gasteiger partial charge in [0, 0.05) is 5.56 Å². The summed E-state index contributed by atoms with van der Waals surface area (Å²) in [6, 6.07) is 6.56. The second kappa shape index (κ2) is 3.59. The smallest absolute Gasteiger partial charge is 0.337 e. The van der Waals surface area contributed by atoms with Gasteiger partial charge in [-0.3, -0.25) is 0 Å². The number of hydrogen-bond donors (Lipinski definition) is 0. The van der Waals surface area contributed by atoms with Gasteiger partial charge in [0.05, 0.1) is 12.7 Å². The number of hydrogen-bond acceptors (Lipinski definition) is 2. The molecule has 0 bridgehead atoms. The van der Waals surface area contributed by atoms with Crippen molar-refractivity contribution in [1.29, 1.82) is 0 Å². The first-order valence-corrected chi connectivity index (χ1v) is 3.39. The summed E-state index contributed by atoms with van der Waals surface area (Å²) in [4.78, 5) is 11.0. The van der Waals surface area contributed by atoms with Crippen molar-refractivity contribution in [3.63, 3.8) is 0 Å². The molecule has 2 heteroatoms. The van der Waals surface area contributed by atoms with E-state index >= 15 is 0 Å². The quantitative estimate of drug-likeness (QED) is 0.457. The van der Waals surface area contributed by atoms with Crippen LogP contribution in [-0.2, 0) is 4.74 Å². The van der Waals surface area contributed by atoms with E-state index in [2.05, 4.69) is 10.7 Å². The van der Waals surface area contributed by atoms with Crippen molar-refractivity contribution < 1.29 is 9.53 Å². The first-order chi connectivity index (χ1) is 5.77. The summed E-state index contributed by atoms with van der Waals surface area (Å²) in [6.45, 7) is 0. The van der Waals surface area contributed by atoms with Gasteiger partial charge in [0.2, 0.25) is 0 Å². The Morgan fingerprint density at radius 1 is 1.58 bits per heavy atom. The Balaban J connectivity index is 3.04. The maximum atomic E-state index is 11.0. The van der Waals surface area contributed by atoms with E-state index in [1.54, 1.807) is 24.3 Å². The molecule has 1 rings (SSSR count). The van der Waals surface area contributed by atoms with Crippen LogP contribution in [0.5, 0.6) is 0 Å². The van der Waals surface area contributed by atoms with Crippen LogP contribution in [0.1, 0.15) is 15.9 Å². The van der Waals surface area contributed by atoms with Gasteiger partial charge in [-0.25, -0.2) is 4.79 Å². The molecule has 12 heavy (non-hydrogen) atoms. The third-order valence-corrected chi connectivity index (χ3v) is 1.43. The summed E-state index contributed by atoms with van der Waals surface area (Å²) in [7, 11) is 1.32. The highest BCUT2D eigenvalue weighted by molar-refractivity contribution is 5.89. The average Bonchev–Trinajstić information content (AvgIpc) is 2.17. The number of carbonyl (C=O) groups excluding carboxylic acids is 1. The van der Waals surface area contributed by atoms with Gasteiger partial charge in [-0.05, 0) is 24.6 Å². The summed E-state index contributed by atoms with van der Waals surface area (Å²) in [5.41, 5.74) is 1.01. The Morgan fingerprint density at radius 3 is 2.92 bits per heavy atom. The van der Waals surface area contributed by atoms with Crippen LogP contribution in [0.3, 0.4) is 0 Å². The van der Waals surface area contributed by atoms with Crippen LogP contribution in [0.2, 0.25) is 0 Å². The minimum Gasteiger partial charge on any atom is -0.465 e. The molecule has 2 nitrogen and oxygen atoms in total. The average molecular weight is 159 g/mol. The van der Waals surface area contributed by atoms with Crippen molar-refractivity contribution in [3.8, 4) is 5.92 Å². The van der Waals surface area contributed by atoms with Crippen LogP contribution < -0.4 is 0 Å². The molecule has 1 aromatic rings. The van der Waals surface area contributed by atoms with E-state index in [9.17, 15) is 4.79 Å². The molecular weight excluding hydrogens is 152 g/mol. The Hall–Kier alpha value is -1.75. The molecule has 0 amide bonds. The van der Waals surface area contributed by atoms with Gasteiger partial charge in [0.25, 0.3) is 0 Å². The number of ether oxygens (including phenoxy) is 1. The molecule has 0 aliphatic heterocycles. The molecule has 1 radical (unpaired) electrons. The highest BCUT2D eigenvalue weighted by Crippen LogP contribution is 2.04. The first-order valence-electron chi connectivity index (χ1n) is 3.39. The van der Waals surface area contributed by atoms with E-state index in [4.69, 9.17) is 6.42 Å². The Labute approximate surface area is 71.2 Å². The molecule has 0 unspecified atom stereocenters. The van der Waals surface area contributed by atoms with Gasteiger partial charge in [0.15, 0.2) is 0 Å². The summed E-state index contributed by atoms with van der Waals surface area (Å²) in [6.07, 6.45) is 6.84. The van der Waals surface area contributed by atoms with Gasteiger partial charge < -0.3 is 4.74 Å². The molecule has 0 aliphatic carbocycles. The van der Waals surface area contributed by atoms with Gasteiger partial charge in [-0.1, -0.05) is 12.0 Å². The van der Waals surface area contributed by atoms with Gasteiger partial charge in [0.1, 0.15) is 0 Å².